The molecule has 0 aliphatic heterocycles. The molecule has 2 aromatic rings. The number of thiocarbonyl (C=S) groups is 1. The van der Waals surface area contributed by atoms with Crippen LogP contribution in [0.5, 0.6) is 5.75 Å². The minimum absolute atomic E-state index is 0.165. The molecule has 0 aliphatic carbocycles. The van der Waals surface area contributed by atoms with Gasteiger partial charge >= 0.3 is 0 Å². The standard InChI is InChI=1S/C19H22F2N2OS/c1-13(2)24-16-8-5-14(6-9-16)4-3-11-22-19(25)23-15-7-10-17(20)18(21)12-15/h5-10,12-13H,3-4,11H2,1-2H3,(H2,22,23,25). The van der Waals surface area contributed by atoms with Crippen molar-refractivity contribution in [3.05, 3.63) is 59.7 Å². The third kappa shape index (κ3) is 6.66. The maximum absolute atomic E-state index is 13.1. The highest BCUT2D eigenvalue weighted by Crippen LogP contribution is 2.15. The molecule has 0 heterocycles. The fourth-order valence-corrected chi connectivity index (χ4v) is 2.47. The third-order valence-electron chi connectivity index (χ3n) is 3.40. The molecule has 6 heteroatoms. The Kier molecular flexibility index (Phi) is 7.13. The van der Waals surface area contributed by atoms with Crippen molar-refractivity contribution in [3.8, 4) is 5.75 Å². The van der Waals surface area contributed by atoms with Crippen molar-refractivity contribution in [2.45, 2.75) is 32.8 Å². The molecule has 0 aromatic heterocycles. The van der Waals surface area contributed by atoms with Gasteiger partial charge in [0, 0.05) is 18.3 Å². The molecule has 0 amide bonds. The molecular formula is C19H22F2N2OS. The van der Waals surface area contributed by atoms with Crippen LogP contribution in [0.25, 0.3) is 0 Å². The van der Waals surface area contributed by atoms with Gasteiger partial charge in [0.25, 0.3) is 0 Å². The molecule has 2 N–H and O–H groups in total. The number of rotatable bonds is 7. The van der Waals surface area contributed by atoms with E-state index in [9.17, 15) is 8.78 Å². The number of halogens is 2. The Balaban J connectivity index is 1.69. The number of anilines is 1. The molecule has 0 bridgehead atoms. The molecule has 134 valence electrons. The lowest BCUT2D eigenvalue weighted by atomic mass is 10.1. The van der Waals surface area contributed by atoms with Gasteiger partial charge in [0.15, 0.2) is 16.7 Å². The zero-order valence-corrected chi connectivity index (χ0v) is 15.1. The maximum atomic E-state index is 13.1. The summed E-state index contributed by atoms with van der Waals surface area (Å²) in [6, 6.07) is 11.6. The van der Waals surface area contributed by atoms with E-state index in [1.165, 1.54) is 11.6 Å². The Labute approximate surface area is 152 Å². The number of ether oxygens (including phenoxy) is 1. The van der Waals surface area contributed by atoms with Crippen molar-refractivity contribution in [2.24, 2.45) is 0 Å². The van der Waals surface area contributed by atoms with Gasteiger partial charge in [-0.05, 0) is 68.7 Å². The minimum Gasteiger partial charge on any atom is -0.491 e. The number of aryl methyl sites for hydroxylation is 1. The van der Waals surface area contributed by atoms with Crippen molar-refractivity contribution in [2.75, 3.05) is 11.9 Å². The summed E-state index contributed by atoms with van der Waals surface area (Å²) in [5, 5.41) is 6.26. The van der Waals surface area contributed by atoms with E-state index in [2.05, 4.69) is 22.8 Å². The van der Waals surface area contributed by atoms with Crippen LogP contribution >= 0.6 is 12.2 Å². The van der Waals surface area contributed by atoms with Gasteiger partial charge in [0.1, 0.15) is 5.75 Å². The fourth-order valence-electron chi connectivity index (χ4n) is 2.25. The molecule has 0 atom stereocenters. The topological polar surface area (TPSA) is 33.3 Å². The quantitative estimate of drug-likeness (QED) is 0.552. The van der Waals surface area contributed by atoms with Gasteiger partial charge in [0.05, 0.1) is 6.10 Å². The summed E-state index contributed by atoms with van der Waals surface area (Å²) in [5.74, 6) is -0.916. The predicted octanol–water partition coefficient (Wildman–Crippen LogP) is 4.67. The van der Waals surface area contributed by atoms with Crippen molar-refractivity contribution in [1.29, 1.82) is 0 Å². The fraction of sp³-hybridized carbons (Fsp3) is 0.316. The zero-order valence-electron chi connectivity index (χ0n) is 14.3. The molecule has 2 rings (SSSR count). The van der Waals surface area contributed by atoms with E-state index in [1.807, 2.05) is 26.0 Å². The Morgan fingerprint density at radius 1 is 1.08 bits per heavy atom. The van der Waals surface area contributed by atoms with Crippen LogP contribution in [-0.2, 0) is 6.42 Å². The summed E-state index contributed by atoms with van der Waals surface area (Å²) in [6.45, 7) is 4.67. The van der Waals surface area contributed by atoms with Crippen molar-refractivity contribution < 1.29 is 13.5 Å². The van der Waals surface area contributed by atoms with Gasteiger partial charge in [-0.2, -0.15) is 0 Å². The monoisotopic (exact) mass is 364 g/mol. The average molecular weight is 364 g/mol. The summed E-state index contributed by atoms with van der Waals surface area (Å²) >= 11 is 5.14. The average Bonchev–Trinajstić information content (AvgIpc) is 2.56. The third-order valence-corrected chi connectivity index (χ3v) is 3.65. The van der Waals surface area contributed by atoms with Crippen molar-refractivity contribution in [3.63, 3.8) is 0 Å². The summed E-state index contributed by atoms with van der Waals surface area (Å²) in [4.78, 5) is 0. The number of benzene rings is 2. The number of nitrogens with one attached hydrogen (secondary N) is 2. The van der Waals surface area contributed by atoms with Crippen LogP contribution in [0.4, 0.5) is 14.5 Å². The smallest absolute Gasteiger partial charge is 0.170 e. The molecule has 0 fully saturated rings. The molecular weight excluding hydrogens is 342 g/mol. The van der Waals surface area contributed by atoms with Crippen molar-refractivity contribution in [1.82, 2.24) is 5.32 Å². The molecule has 2 aromatic carbocycles. The predicted molar refractivity (Wildman–Crippen MR) is 101 cm³/mol. The number of hydrogen-bond acceptors (Lipinski definition) is 2. The van der Waals surface area contributed by atoms with Crippen molar-refractivity contribution >= 4 is 23.0 Å². The largest absolute Gasteiger partial charge is 0.491 e. The van der Waals surface area contributed by atoms with E-state index in [0.717, 1.165) is 30.7 Å². The summed E-state index contributed by atoms with van der Waals surface area (Å²) < 4.78 is 31.6. The highest BCUT2D eigenvalue weighted by molar-refractivity contribution is 7.80. The maximum Gasteiger partial charge on any atom is 0.170 e. The lowest BCUT2D eigenvalue weighted by molar-refractivity contribution is 0.242. The van der Waals surface area contributed by atoms with Gasteiger partial charge in [-0.25, -0.2) is 8.78 Å². The Bertz CT molecular complexity index is 705. The highest BCUT2D eigenvalue weighted by Gasteiger charge is 2.04. The lowest BCUT2D eigenvalue weighted by Gasteiger charge is -2.11. The van der Waals surface area contributed by atoms with Gasteiger partial charge in [-0.3, -0.25) is 0 Å². The van der Waals surface area contributed by atoms with Crippen LogP contribution in [0.2, 0.25) is 0 Å². The molecule has 0 saturated heterocycles. The first kappa shape index (κ1) is 19.1. The van der Waals surface area contributed by atoms with Crippen LogP contribution in [0.1, 0.15) is 25.8 Å². The Morgan fingerprint density at radius 2 is 1.80 bits per heavy atom. The SMILES string of the molecule is CC(C)Oc1ccc(CCCNC(=S)Nc2ccc(F)c(F)c2)cc1. The minimum atomic E-state index is -0.905. The van der Waals surface area contributed by atoms with Crippen LogP contribution < -0.4 is 15.4 Å². The highest BCUT2D eigenvalue weighted by atomic mass is 32.1. The summed E-state index contributed by atoms with van der Waals surface area (Å²) in [5.41, 5.74) is 1.63. The Morgan fingerprint density at radius 3 is 2.44 bits per heavy atom. The first-order valence-electron chi connectivity index (χ1n) is 8.19. The molecule has 25 heavy (non-hydrogen) atoms. The van der Waals surface area contributed by atoms with E-state index in [0.29, 0.717) is 17.3 Å². The molecule has 0 aliphatic rings. The van der Waals surface area contributed by atoms with Crippen LogP contribution in [-0.4, -0.2) is 17.8 Å². The van der Waals surface area contributed by atoms with Crippen LogP contribution in [0.15, 0.2) is 42.5 Å². The summed E-state index contributed by atoms with van der Waals surface area (Å²) in [6.07, 6.45) is 1.96. The molecule has 0 spiro atoms. The van der Waals surface area contributed by atoms with Gasteiger partial charge in [0.2, 0.25) is 0 Å². The number of hydrogen-bond donors (Lipinski definition) is 2. The molecule has 0 saturated carbocycles. The normalized spacial score (nSPS) is 10.6. The second kappa shape index (κ2) is 9.32. The van der Waals surface area contributed by atoms with E-state index in [-0.39, 0.29) is 6.10 Å². The molecule has 0 radical (unpaired) electrons. The second-order valence-electron chi connectivity index (χ2n) is 5.92. The van der Waals surface area contributed by atoms with Gasteiger partial charge < -0.3 is 15.4 Å². The zero-order chi connectivity index (χ0) is 18.2. The van der Waals surface area contributed by atoms with Gasteiger partial charge in [-0.1, -0.05) is 12.1 Å². The van der Waals surface area contributed by atoms with E-state index >= 15 is 0 Å². The summed E-state index contributed by atoms with van der Waals surface area (Å²) in [7, 11) is 0. The van der Waals surface area contributed by atoms with E-state index in [4.69, 9.17) is 17.0 Å². The van der Waals surface area contributed by atoms with Crippen LogP contribution in [0.3, 0.4) is 0 Å². The molecule has 3 nitrogen and oxygen atoms in total. The first-order valence-corrected chi connectivity index (χ1v) is 8.60. The van der Waals surface area contributed by atoms with E-state index in [1.54, 1.807) is 0 Å². The second-order valence-corrected chi connectivity index (χ2v) is 6.33. The van der Waals surface area contributed by atoms with Gasteiger partial charge in [-0.15, -0.1) is 0 Å². The molecule has 0 unspecified atom stereocenters. The Hall–Kier alpha value is -2.21. The van der Waals surface area contributed by atoms with Crippen LogP contribution in [0, 0.1) is 11.6 Å². The lowest BCUT2D eigenvalue weighted by Crippen LogP contribution is -2.29. The van der Waals surface area contributed by atoms with E-state index < -0.39 is 11.6 Å². The first-order chi connectivity index (χ1) is 11.9.